The zero-order valence-corrected chi connectivity index (χ0v) is 12.4. The van der Waals surface area contributed by atoms with Crippen molar-refractivity contribution in [3.63, 3.8) is 0 Å². The van der Waals surface area contributed by atoms with Crippen molar-refractivity contribution >= 4 is 17.6 Å². The third kappa shape index (κ3) is 4.55. The van der Waals surface area contributed by atoms with E-state index in [1.165, 1.54) is 12.4 Å². The average molecular weight is 299 g/mol. The van der Waals surface area contributed by atoms with Gasteiger partial charge in [-0.2, -0.15) is 15.1 Å². The molecule has 22 heavy (non-hydrogen) atoms. The molecule has 0 bridgehead atoms. The highest BCUT2D eigenvalue weighted by molar-refractivity contribution is 6.31. The summed E-state index contributed by atoms with van der Waals surface area (Å²) in [5.41, 5.74) is 2.42. The second-order valence-corrected chi connectivity index (χ2v) is 4.41. The van der Waals surface area contributed by atoms with E-state index in [9.17, 15) is 0 Å². The quantitative estimate of drug-likeness (QED) is 0.499. The Morgan fingerprint density at radius 1 is 1.32 bits per heavy atom. The number of hydrogen-bond donors (Lipinski definition) is 1. The number of nitrogens with two attached hydrogens (primary N) is 1. The molecule has 0 spiro atoms. The van der Waals surface area contributed by atoms with Crippen molar-refractivity contribution in [3.05, 3.63) is 42.2 Å². The van der Waals surface area contributed by atoms with Gasteiger partial charge in [0.25, 0.3) is 0 Å². The summed E-state index contributed by atoms with van der Waals surface area (Å²) in [7, 11) is 1.54. The number of ether oxygens (including phenoxy) is 2. The van der Waals surface area contributed by atoms with Crippen LogP contribution in [0.3, 0.4) is 0 Å². The number of benzene rings is 1. The fourth-order valence-electron chi connectivity index (χ4n) is 1.59. The van der Waals surface area contributed by atoms with Crippen LogP contribution in [0.1, 0.15) is 5.56 Å². The summed E-state index contributed by atoms with van der Waals surface area (Å²) in [4.78, 5) is 12.3. The van der Waals surface area contributed by atoms with E-state index in [-0.39, 0.29) is 12.6 Å². The molecule has 2 aromatic rings. The second kappa shape index (κ2) is 7.72. The molecule has 0 unspecified atom stereocenters. The molecule has 0 aliphatic rings. The van der Waals surface area contributed by atoms with Gasteiger partial charge in [0.2, 0.25) is 0 Å². The molecular formula is C15H17N5O2. The predicted octanol–water partition coefficient (Wildman–Crippen LogP) is 1.89. The van der Waals surface area contributed by atoms with Gasteiger partial charge in [-0.05, 0) is 24.6 Å². The van der Waals surface area contributed by atoms with Crippen LogP contribution in [0.4, 0.5) is 5.69 Å². The van der Waals surface area contributed by atoms with E-state index in [0.29, 0.717) is 11.5 Å². The molecule has 0 amide bonds. The Labute approximate surface area is 128 Å². The van der Waals surface area contributed by atoms with E-state index in [1.54, 1.807) is 13.3 Å². The van der Waals surface area contributed by atoms with Crippen LogP contribution in [0, 0.1) is 6.92 Å². The smallest absolute Gasteiger partial charge is 0.316 e. The fraction of sp³-hybridized carbons (Fsp3) is 0.200. The Balaban J connectivity index is 1.94. The van der Waals surface area contributed by atoms with Crippen LogP contribution in [0.2, 0.25) is 0 Å². The maximum Gasteiger partial charge on any atom is 0.316 e. The lowest BCUT2D eigenvalue weighted by Gasteiger charge is -2.04. The van der Waals surface area contributed by atoms with Gasteiger partial charge in [0.1, 0.15) is 12.3 Å². The van der Waals surface area contributed by atoms with Crippen molar-refractivity contribution in [1.29, 1.82) is 0 Å². The van der Waals surface area contributed by atoms with Crippen LogP contribution in [0.5, 0.6) is 11.8 Å². The molecule has 1 heterocycles. The maximum atomic E-state index is 5.39. The summed E-state index contributed by atoms with van der Waals surface area (Å²) in [5.74, 6) is 5.89. The lowest BCUT2D eigenvalue weighted by Crippen LogP contribution is -2.16. The first-order valence-electron chi connectivity index (χ1n) is 6.57. The van der Waals surface area contributed by atoms with Gasteiger partial charge in [-0.1, -0.05) is 12.1 Å². The molecule has 0 aliphatic carbocycles. The van der Waals surface area contributed by atoms with Gasteiger partial charge < -0.3 is 15.3 Å². The zero-order chi connectivity index (χ0) is 15.8. The second-order valence-electron chi connectivity index (χ2n) is 4.41. The van der Waals surface area contributed by atoms with Gasteiger partial charge >= 0.3 is 6.01 Å². The SMILES string of the molecule is COc1cnc(OCC(C=Nc2cccc(C)c2)=NN)nc1. The third-order valence-electron chi connectivity index (χ3n) is 2.72. The molecule has 2 N–H and O–H groups in total. The molecule has 0 atom stereocenters. The van der Waals surface area contributed by atoms with Crippen molar-refractivity contribution in [1.82, 2.24) is 9.97 Å². The number of aryl methyl sites for hydroxylation is 1. The summed E-state index contributed by atoms with van der Waals surface area (Å²) < 4.78 is 10.4. The summed E-state index contributed by atoms with van der Waals surface area (Å²) >= 11 is 0. The average Bonchev–Trinajstić information content (AvgIpc) is 2.55. The van der Waals surface area contributed by atoms with Crippen LogP contribution in [0.15, 0.2) is 46.8 Å². The molecule has 7 heteroatoms. The van der Waals surface area contributed by atoms with E-state index in [1.807, 2.05) is 31.2 Å². The molecular weight excluding hydrogens is 282 g/mol. The third-order valence-corrected chi connectivity index (χ3v) is 2.72. The molecule has 2 rings (SSSR count). The Kier molecular flexibility index (Phi) is 5.42. The van der Waals surface area contributed by atoms with E-state index in [4.69, 9.17) is 15.3 Å². The topological polar surface area (TPSA) is 95.0 Å². The molecule has 0 saturated carbocycles. The van der Waals surface area contributed by atoms with Crippen LogP contribution in [-0.2, 0) is 0 Å². The summed E-state index contributed by atoms with van der Waals surface area (Å²) in [6, 6.07) is 8.00. The molecule has 7 nitrogen and oxygen atoms in total. The number of methoxy groups -OCH3 is 1. The van der Waals surface area contributed by atoms with Crippen molar-refractivity contribution in [2.24, 2.45) is 15.9 Å². The Morgan fingerprint density at radius 3 is 2.73 bits per heavy atom. The highest BCUT2D eigenvalue weighted by Crippen LogP contribution is 2.12. The zero-order valence-electron chi connectivity index (χ0n) is 12.4. The summed E-state index contributed by atoms with van der Waals surface area (Å²) in [5, 5.41) is 3.64. The minimum absolute atomic E-state index is 0.123. The minimum Gasteiger partial charge on any atom is -0.494 e. The number of aromatic nitrogens is 2. The molecule has 0 fully saturated rings. The predicted molar refractivity (Wildman–Crippen MR) is 85.0 cm³/mol. The van der Waals surface area contributed by atoms with E-state index >= 15 is 0 Å². The lowest BCUT2D eigenvalue weighted by molar-refractivity contribution is 0.341. The van der Waals surface area contributed by atoms with Gasteiger partial charge in [0, 0.05) is 0 Å². The molecule has 0 radical (unpaired) electrons. The standard InChI is InChI=1S/C15H17N5O2/c1-11-4-3-5-12(6-11)17-7-13(20-16)10-22-15-18-8-14(21-2)9-19-15/h3-9H,10,16H2,1-2H3. The molecule has 0 aliphatic heterocycles. The first kappa shape index (κ1) is 15.4. The number of aliphatic imine (C=N–C) groups is 1. The number of hydrazone groups is 1. The minimum atomic E-state index is 0.123. The van der Waals surface area contributed by atoms with Crippen LogP contribution in [0.25, 0.3) is 0 Å². The monoisotopic (exact) mass is 299 g/mol. The Hall–Kier alpha value is -2.96. The molecule has 1 aromatic carbocycles. The van der Waals surface area contributed by atoms with Crippen LogP contribution >= 0.6 is 0 Å². The molecule has 0 saturated heterocycles. The highest BCUT2D eigenvalue weighted by atomic mass is 16.5. The summed E-state index contributed by atoms with van der Waals surface area (Å²) in [6.07, 6.45) is 4.59. The summed E-state index contributed by atoms with van der Waals surface area (Å²) in [6.45, 7) is 2.12. The largest absolute Gasteiger partial charge is 0.494 e. The van der Waals surface area contributed by atoms with Gasteiger partial charge in [0.05, 0.1) is 31.4 Å². The van der Waals surface area contributed by atoms with Gasteiger partial charge in [-0.15, -0.1) is 0 Å². The van der Waals surface area contributed by atoms with E-state index in [2.05, 4.69) is 20.1 Å². The Bertz CT molecular complexity index is 668. The normalized spacial score (nSPS) is 11.6. The lowest BCUT2D eigenvalue weighted by atomic mass is 10.2. The van der Waals surface area contributed by atoms with Crippen molar-refractivity contribution < 1.29 is 9.47 Å². The maximum absolute atomic E-state index is 5.39. The van der Waals surface area contributed by atoms with E-state index in [0.717, 1.165) is 11.3 Å². The van der Waals surface area contributed by atoms with Crippen molar-refractivity contribution in [2.45, 2.75) is 6.92 Å². The van der Waals surface area contributed by atoms with Crippen LogP contribution in [-0.4, -0.2) is 35.6 Å². The number of hydrogen-bond acceptors (Lipinski definition) is 7. The van der Waals surface area contributed by atoms with Gasteiger partial charge in [-0.3, -0.25) is 4.99 Å². The first-order chi connectivity index (χ1) is 10.7. The number of nitrogens with zero attached hydrogens (tertiary/aromatic N) is 4. The molecule has 1 aromatic heterocycles. The highest BCUT2D eigenvalue weighted by Gasteiger charge is 2.02. The van der Waals surface area contributed by atoms with Crippen molar-refractivity contribution in [3.8, 4) is 11.8 Å². The van der Waals surface area contributed by atoms with Crippen LogP contribution < -0.4 is 15.3 Å². The molecule has 114 valence electrons. The fourth-order valence-corrected chi connectivity index (χ4v) is 1.59. The van der Waals surface area contributed by atoms with Crippen molar-refractivity contribution in [2.75, 3.05) is 13.7 Å². The van der Waals surface area contributed by atoms with Gasteiger partial charge in [-0.25, -0.2) is 0 Å². The van der Waals surface area contributed by atoms with E-state index < -0.39 is 0 Å². The first-order valence-corrected chi connectivity index (χ1v) is 6.57. The number of rotatable bonds is 6. The van der Waals surface area contributed by atoms with Gasteiger partial charge in [0.15, 0.2) is 5.75 Å². The Morgan fingerprint density at radius 2 is 2.09 bits per heavy atom.